The predicted molar refractivity (Wildman–Crippen MR) is 83.7 cm³/mol. The molecule has 0 aliphatic carbocycles. The molecule has 0 aliphatic rings. The predicted octanol–water partition coefficient (Wildman–Crippen LogP) is 3.30. The molecule has 0 saturated carbocycles. The van der Waals surface area contributed by atoms with Crippen molar-refractivity contribution in [3.05, 3.63) is 40.2 Å². The van der Waals surface area contributed by atoms with Gasteiger partial charge in [0, 0.05) is 18.6 Å². The third-order valence-electron chi connectivity index (χ3n) is 2.87. The molecule has 3 aromatic rings. The van der Waals surface area contributed by atoms with Gasteiger partial charge in [-0.1, -0.05) is 27.5 Å². The highest BCUT2D eigenvalue weighted by atomic mass is 79.9. The molecular formula is C13H11BrClN5. The average Bonchev–Trinajstić information content (AvgIpc) is 2.81. The summed E-state index contributed by atoms with van der Waals surface area (Å²) in [4.78, 5) is 14.7. The summed E-state index contributed by atoms with van der Waals surface area (Å²) in [7, 11) is 3.86. The van der Waals surface area contributed by atoms with Gasteiger partial charge in [0.05, 0.1) is 5.69 Å². The second-order valence-electron chi connectivity index (χ2n) is 4.45. The van der Waals surface area contributed by atoms with E-state index in [1.165, 1.54) is 6.33 Å². The molecule has 20 heavy (non-hydrogen) atoms. The number of fused-ring (bicyclic) bond motifs is 1. The molecule has 0 aliphatic heterocycles. The first-order valence-electron chi connectivity index (χ1n) is 5.90. The summed E-state index contributed by atoms with van der Waals surface area (Å²) in [6.07, 6.45) is 1.45. The fourth-order valence-corrected chi connectivity index (χ4v) is 2.42. The first-order valence-corrected chi connectivity index (χ1v) is 7.07. The minimum atomic E-state index is 0.356. The molecule has 0 radical (unpaired) electrons. The topological polar surface area (TPSA) is 46.8 Å². The Morgan fingerprint density at radius 1 is 1.15 bits per heavy atom. The quantitative estimate of drug-likeness (QED) is 0.664. The Kier molecular flexibility index (Phi) is 3.35. The Bertz CT molecular complexity index is 766. The summed E-state index contributed by atoms with van der Waals surface area (Å²) in [6.45, 7) is 0. The molecule has 2 aromatic heterocycles. The molecule has 0 spiro atoms. The zero-order valence-electron chi connectivity index (χ0n) is 10.9. The molecular weight excluding hydrogens is 342 g/mol. The molecule has 0 atom stereocenters. The monoisotopic (exact) mass is 351 g/mol. The van der Waals surface area contributed by atoms with Crippen molar-refractivity contribution in [2.24, 2.45) is 0 Å². The van der Waals surface area contributed by atoms with Crippen LogP contribution in [-0.2, 0) is 0 Å². The van der Waals surface area contributed by atoms with Gasteiger partial charge >= 0.3 is 0 Å². The van der Waals surface area contributed by atoms with Gasteiger partial charge < -0.3 is 4.90 Å². The molecule has 0 amide bonds. The highest BCUT2D eigenvalue weighted by Gasteiger charge is 2.17. The number of aromatic nitrogens is 4. The van der Waals surface area contributed by atoms with Gasteiger partial charge in [-0.05, 0) is 24.3 Å². The minimum Gasteiger partial charge on any atom is -0.348 e. The Labute approximate surface area is 129 Å². The largest absolute Gasteiger partial charge is 0.348 e. The van der Waals surface area contributed by atoms with Crippen LogP contribution in [0.4, 0.5) is 5.95 Å². The van der Waals surface area contributed by atoms with Crippen LogP contribution >= 0.6 is 27.5 Å². The number of hydrogen-bond donors (Lipinski definition) is 0. The number of rotatable bonds is 2. The van der Waals surface area contributed by atoms with Crippen LogP contribution in [0.2, 0.25) is 5.15 Å². The van der Waals surface area contributed by atoms with Crippen LogP contribution in [0, 0.1) is 0 Å². The van der Waals surface area contributed by atoms with E-state index in [4.69, 9.17) is 11.6 Å². The number of nitrogens with zero attached hydrogens (tertiary/aromatic N) is 5. The maximum atomic E-state index is 6.11. The SMILES string of the molecule is CN(C)c1nc2c(Cl)ncnc2n1-c1ccc(Br)cc1. The third kappa shape index (κ3) is 2.14. The van der Waals surface area contributed by atoms with Crippen molar-refractivity contribution < 1.29 is 0 Å². The maximum Gasteiger partial charge on any atom is 0.212 e. The lowest BCUT2D eigenvalue weighted by molar-refractivity contribution is 0.961. The molecule has 3 rings (SSSR count). The van der Waals surface area contributed by atoms with E-state index in [-0.39, 0.29) is 0 Å². The standard InChI is InChI=1S/C13H11BrClN5/c1-19(2)13-18-10-11(15)16-7-17-12(10)20(13)9-5-3-8(14)4-6-9/h3-7H,1-2H3. The van der Waals surface area contributed by atoms with Crippen LogP contribution < -0.4 is 4.90 Å². The van der Waals surface area contributed by atoms with Crippen molar-refractivity contribution in [2.75, 3.05) is 19.0 Å². The van der Waals surface area contributed by atoms with Gasteiger partial charge in [0.15, 0.2) is 10.8 Å². The molecule has 0 unspecified atom stereocenters. The summed E-state index contributed by atoms with van der Waals surface area (Å²) < 4.78 is 2.97. The van der Waals surface area contributed by atoms with Crippen LogP contribution in [0.5, 0.6) is 0 Å². The second kappa shape index (κ2) is 5.03. The Hall–Kier alpha value is -1.66. The van der Waals surface area contributed by atoms with E-state index in [0.29, 0.717) is 16.3 Å². The van der Waals surface area contributed by atoms with Gasteiger partial charge in [0.2, 0.25) is 5.95 Å². The zero-order valence-corrected chi connectivity index (χ0v) is 13.2. The van der Waals surface area contributed by atoms with Gasteiger partial charge in [-0.15, -0.1) is 0 Å². The molecule has 1 aromatic carbocycles. The van der Waals surface area contributed by atoms with Crippen LogP contribution in [0.25, 0.3) is 16.9 Å². The molecule has 2 heterocycles. The van der Waals surface area contributed by atoms with E-state index in [1.54, 1.807) is 0 Å². The van der Waals surface area contributed by atoms with E-state index in [0.717, 1.165) is 16.1 Å². The lowest BCUT2D eigenvalue weighted by atomic mass is 10.3. The van der Waals surface area contributed by atoms with E-state index in [2.05, 4.69) is 30.9 Å². The number of anilines is 1. The van der Waals surface area contributed by atoms with Gasteiger partial charge in [-0.25, -0.2) is 15.0 Å². The summed E-state index contributed by atoms with van der Waals surface area (Å²) >= 11 is 9.54. The highest BCUT2D eigenvalue weighted by Crippen LogP contribution is 2.28. The van der Waals surface area contributed by atoms with E-state index < -0.39 is 0 Å². The Morgan fingerprint density at radius 3 is 2.50 bits per heavy atom. The summed E-state index contributed by atoms with van der Waals surface area (Å²) in [5.74, 6) is 0.754. The molecule has 102 valence electrons. The van der Waals surface area contributed by atoms with E-state index in [1.807, 2.05) is 47.8 Å². The van der Waals surface area contributed by atoms with E-state index >= 15 is 0 Å². The van der Waals surface area contributed by atoms with Crippen molar-refractivity contribution in [1.29, 1.82) is 0 Å². The highest BCUT2D eigenvalue weighted by molar-refractivity contribution is 9.10. The van der Waals surface area contributed by atoms with Gasteiger partial charge in [-0.3, -0.25) is 4.57 Å². The van der Waals surface area contributed by atoms with Crippen LogP contribution in [0.15, 0.2) is 35.1 Å². The van der Waals surface area contributed by atoms with Gasteiger partial charge in [0.25, 0.3) is 0 Å². The summed E-state index contributed by atoms with van der Waals surface area (Å²) in [5, 5.41) is 0.356. The molecule has 7 heteroatoms. The lowest BCUT2D eigenvalue weighted by Crippen LogP contribution is -2.14. The second-order valence-corrected chi connectivity index (χ2v) is 5.73. The molecule has 5 nitrogen and oxygen atoms in total. The van der Waals surface area contributed by atoms with Crippen molar-refractivity contribution >= 4 is 44.6 Å². The number of imidazole rings is 1. The summed E-state index contributed by atoms with van der Waals surface area (Å²) in [5.41, 5.74) is 2.26. The van der Waals surface area contributed by atoms with Crippen molar-refractivity contribution in [1.82, 2.24) is 19.5 Å². The first kappa shape index (κ1) is 13.3. The first-order chi connectivity index (χ1) is 9.58. The smallest absolute Gasteiger partial charge is 0.212 e. The Balaban J connectivity index is 2.35. The van der Waals surface area contributed by atoms with Crippen molar-refractivity contribution in [3.63, 3.8) is 0 Å². The van der Waals surface area contributed by atoms with Crippen LogP contribution in [0.1, 0.15) is 0 Å². The van der Waals surface area contributed by atoms with Crippen LogP contribution in [0.3, 0.4) is 0 Å². The molecule has 0 fully saturated rings. The number of halogens is 2. The van der Waals surface area contributed by atoms with Crippen LogP contribution in [-0.4, -0.2) is 33.6 Å². The molecule has 0 saturated heterocycles. The van der Waals surface area contributed by atoms with Gasteiger partial charge in [-0.2, -0.15) is 0 Å². The third-order valence-corrected chi connectivity index (χ3v) is 3.67. The molecule has 0 bridgehead atoms. The average molecular weight is 353 g/mol. The lowest BCUT2D eigenvalue weighted by Gasteiger charge is -2.14. The summed E-state index contributed by atoms with van der Waals surface area (Å²) in [6, 6.07) is 7.94. The Morgan fingerprint density at radius 2 is 1.85 bits per heavy atom. The van der Waals surface area contributed by atoms with Crippen molar-refractivity contribution in [3.8, 4) is 5.69 Å². The zero-order chi connectivity index (χ0) is 14.3. The fraction of sp³-hybridized carbons (Fsp3) is 0.154. The van der Waals surface area contributed by atoms with E-state index in [9.17, 15) is 0 Å². The van der Waals surface area contributed by atoms with Crippen molar-refractivity contribution in [2.45, 2.75) is 0 Å². The normalized spacial score (nSPS) is 11.0. The number of benzene rings is 1. The minimum absolute atomic E-state index is 0.356. The number of hydrogen-bond acceptors (Lipinski definition) is 4. The maximum absolute atomic E-state index is 6.11. The van der Waals surface area contributed by atoms with Gasteiger partial charge in [0.1, 0.15) is 11.8 Å². The fourth-order valence-electron chi connectivity index (χ4n) is 1.98. The molecule has 0 N–H and O–H groups in total.